The van der Waals surface area contributed by atoms with Crippen LogP contribution in [0.3, 0.4) is 0 Å². The highest BCUT2D eigenvalue weighted by molar-refractivity contribution is 5.86. The molecule has 5 aliphatic rings. The first-order valence-corrected chi connectivity index (χ1v) is 7.21. The second-order valence-electron chi connectivity index (χ2n) is 7.60. The average molecular weight is 234 g/mol. The first-order valence-electron chi connectivity index (χ1n) is 7.21. The highest BCUT2D eigenvalue weighted by Crippen LogP contribution is 2.73. The Morgan fingerprint density at radius 1 is 1.12 bits per heavy atom. The standard InChI is InChI=1S/C15H22O2/c1-10(16)15(2-3-15)13-5-11-4-12(6-13)8-14(17,7-11)9-13/h11-12,17H,2-9H2,1H3. The molecule has 2 nitrogen and oxygen atoms in total. The molecule has 0 aromatic rings. The van der Waals surface area contributed by atoms with Gasteiger partial charge in [0.15, 0.2) is 0 Å². The second kappa shape index (κ2) is 2.79. The summed E-state index contributed by atoms with van der Waals surface area (Å²) in [5, 5.41) is 10.7. The molecule has 0 aliphatic heterocycles. The fourth-order valence-corrected chi connectivity index (χ4v) is 6.15. The zero-order valence-corrected chi connectivity index (χ0v) is 10.7. The predicted octanol–water partition coefficient (Wildman–Crippen LogP) is 2.69. The van der Waals surface area contributed by atoms with Gasteiger partial charge in [-0.25, -0.2) is 0 Å². The van der Waals surface area contributed by atoms with Crippen LogP contribution in [-0.4, -0.2) is 16.5 Å². The lowest BCUT2D eigenvalue weighted by Crippen LogP contribution is -2.59. The summed E-state index contributed by atoms with van der Waals surface area (Å²) < 4.78 is 0. The molecule has 2 atom stereocenters. The zero-order valence-electron chi connectivity index (χ0n) is 10.7. The van der Waals surface area contributed by atoms with Crippen molar-refractivity contribution < 1.29 is 9.90 Å². The Labute approximate surface area is 103 Å². The van der Waals surface area contributed by atoms with Crippen LogP contribution in [0.1, 0.15) is 58.3 Å². The molecule has 0 radical (unpaired) electrons. The summed E-state index contributed by atoms with van der Waals surface area (Å²) in [6, 6.07) is 0. The number of hydrogen-bond donors (Lipinski definition) is 1. The van der Waals surface area contributed by atoms with E-state index in [1.165, 1.54) is 19.3 Å². The molecule has 0 spiro atoms. The fraction of sp³-hybridized carbons (Fsp3) is 0.933. The van der Waals surface area contributed by atoms with E-state index in [1.54, 1.807) is 6.92 Å². The fourth-order valence-electron chi connectivity index (χ4n) is 6.15. The van der Waals surface area contributed by atoms with E-state index in [0.717, 1.165) is 32.1 Å². The molecule has 0 aromatic carbocycles. The molecule has 2 heteroatoms. The van der Waals surface area contributed by atoms with Crippen LogP contribution in [0.5, 0.6) is 0 Å². The van der Waals surface area contributed by atoms with Crippen molar-refractivity contribution in [2.24, 2.45) is 22.7 Å². The Kier molecular flexibility index (Phi) is 1.73. The van der Waals surface area contributed by atoms with Gasteiger partial charge in [0.1, 0.15) is 5.78 Å². The summed E-state index contributed by atoms with van der Waals surface area (Å²) >= 11 is 0. The van der Waals surface area contributed by atoms with E-state index in [4.69, 9.17) is 0 Å². The molecule has 4 bridgehead atoms. The van der Waals surface area contributed by atoms with E-state index in [-0.39, 0.29) is 10.8 Å². The first-order chi connectivity index (χ1) is 7.97. The number of aliphatic hydroxyl groups is 1. The van der Waals surface area contributed by atoms with Gasteiger partial charge in [0.25, 0.3) is 0 Å². The second-order valence-corrected chi connectivity index (χ2v) is 7.60. The monoisotopic (exact) mass is 234 g/mol. The molecule has 0 aromatic heterocycles. The minimum absolute atomic E-state index is 0.0151. The molecule has 17 heavy (non-hydrogen) atoms. The lowest BCUT2D eigenvalue weighted by molar-refractivity contribution is -0.188. The molecule has 0 amide bonds. The molecule has 0 saturated heterocycles. The van der Waals surface area contributed by atoms with Gasteiger partial charge >= 0.3 is 0 Å². The van der Waals surface area contributed by atoms with Gasteiger partial charge in [0, 0.05) is 5.41 Å². The Bertz CT molecular complexity index is 380. The summed E-state index contributed by atoms with van der Waals surface area (Å²) in [5.74, 6) is 1.82. The average Bonchev–Trinajstić information content (AvgIpc) is 2.92. The summed E-state index contributed by atoms with van der Waals surface area (Å²) in [6.07, 6.45) is 8.91. The van der Waals surface area contributed by atoms with Crippen molar-refractivity contribution in [2.75, 3.05) is 0 Å². The normalized spacial score (nSPS) is 53.8. The van der Waals surface area contributed by atoms with E-state index in [2.05, 4.69) is 0 Å². The molecule has 5 aliphatic carbocycles. The van der Waals surface area contributed by atoms with Crippen LogP contribution in [-0.2, 0) is 4.79 Å². The van der Waals surface area contributed by atoms with Crippen molar-refractivity contribution in [1.29, 1.82) is 0 Å². The SMILES string of the molecule is CC(=O)C1(C23CC4CC(CC(O)(C4)C2)C3)CC1. The van der Waals surface area contributed by atoms with Gasteiger partial charge in [-0.15, -0.1) is 0 Å². The number of rotatable bonds is 2. The number of ketones is 1. The summed E-state index contributed by atoms with van der Waals surface area (Å²) in [4.78, 5) is 12.1. The molecule has 2 unspecified atom stereocenters. The van der Waals surface area contributed by atoms with E-state index in [0.29, 0.717) is 17.6 Å². The van der Waals surface area contributed by atoms with Gasteiger partial charge in [-0.05, 0) is 75.5 Å². The minimum Gasteiger partial charge on any atom is -0.390 e. The van der Waals surface area contributed by atoms with E-state index >= 15 is 0 Å². The van der Waals surface area contributed by atoms with Crippen molar-refractivity contribution in [1.82, 2.24) is 0 Å². The van der Waals surface area contributed by atoms with E-state index in [9.17, 15) is 9.90 Å². The van der Waals surface area contributed by atoms with Crippen LogP contribution >= 0.6 is 0 Å². The predicted molar refractivity (Wildman–Crippen MR) is 64.4 cm³/mol. The molecule has 94 valence electrons. The van der Waals surface area contributed by atoms with Crippen molar-refractivity contribution in [3.63, 3.8) is 0 Å². The summed E-state index contributed by atoms with van der Waals surface area (Å²) in [7, 11) is 0. The molecular formula is C15H22O2. The highest BCUT2D eigenvalue weighted by atomic mass is 16.3. The van der Waals surface area contributed by atoms with Gasteiger partial charge in [-0.2, -0.15) is 0 Å². The van der Waals surface area contributed by atoms with Crippen molar-refractivity contribution in [2.45, 2.75) is 63.9 Å². The molecule has 1 N–H and O–H groups in total. The number of carbonyl (C=O) groups excluding carboxylic acids is 1. The Morgan fingerprint density at radius 2 is 1.71 bits per heavy atom. The number of Topliss-reactive ketones (excluding diaryl/α,β-unsaturated/α-hetero) is 1. The Morgan fingerprint density at radius 3 is 2.12 bits per heavy atom. The first kappa shape index (κ1) is 10.5. The smallest absolute Gasteiger partial charge is 0.136 e. The molecule has 5 fully saturated rings. The van der Waals surface area contributed by atoms with E-state index < -0.39 is 5.60 Å². The van der Waals surface area contributed by atoms with Crippen LogP contribution in [0.15, 0.2) is 0 Å². The van der Waals surface area contributed by atoms with Crippen LogP contribution in [0.25, 0.3) is 0 Å². The Balaban J connectivity index is 1.77. The largest absolute Gasteiger partial charge is 0.390 e. The zero-order chi connectivity index (χ0) is 11.9. The maximum absolute atomic E-state index is 12.1. The quantitative estimate of drug-likeness (QED) is 0.797. The van der Waals surface area contributed by atoms with Gasteiger partial charge in [0.05, 0.1) is 5.60 Å². The van der Waals surface area contributed by atoms with Crippen LogP contribution in [0, 0.1) is 22.7 Å². The Hall–Kier alpha value is -0.370. The van der Waals surface area contributed by atoms with Crippen molar-refractivity contribution in [3.05, 3.63) is 0 Å². The van der Waals surface area contributed by atoms with Crippen molar-refractivity contribution >= 4 is 5.78 Å². The van der Waals surface area contributed by atoms with Crippen LogP contribution in [0.4, 0.5) is 0 Å². The third-order valence-corrected chi connectivity index (χ3v) is 6.47. The lowest BCUT2D eigenvalue weighted by atomic mass is 9.43. The molecule has 5 rings (SSSR count). The topological polar surface area (TPSA) is 37.3 Å². The molecular weight excluding hydrogens is 212 g/mol. The number of carbonyl (C=O) groups is 1. The van der Waals surface area contributed by atoms with Gasteiger partial charge in [-0.3, -0.25) is 4.79 Å². The summed E-state index contributed by atoms with van der Waals surface area (Å²) in [6.45, 7) is 1.79. The van der Waals surface area contributed by atoms with E-state index in [1.807, 2.05) is 0 Å². The van der Waals surface area contributed by atoms with Gasteiger partial charge in [0.2, 0.25) is 0 Å². The van der Waals surface area contributed by atoms with Gasteiger partial charge < -0.3 is 5.11 Å². The van der Waals surface area contributed by atoms with Crippen molar-refractivity contribution in [3.8, 4) is 0 Å². The summed E-state index contributed by atoms with van der Waals surface area (Å²) in [5.41, 5.74) is -0.231. The van der Waals surface area contributed by atoms with Crippen LogP contribution < -0.4 is 0 Å². The third kappa shape index (κ3) is 1.18. The van der Waals surface area contributed by atoms with Gasteiger partial charge in [-0.1, -0.05) is 0 Å². The minimum atomic E-state index is -0.408. The lowest BCUT2D eigenvalue weighted by Gasteiger charge is -2.62. The third-order valence-electron chi connectivity index (χ3n) is 6.47. The highest BCUT2D eigenvalue weighted by Gasteiger charge is 2.69. The van der Waals surface area contributed by atoms with Crippen LogP contribution in [0.2, 0.25) is 0 Å². The maximum atomic E-state index is 12.1. The molecule has 5 saturated carbocycles. The maximum Gasteiger partial charge on any atom is 0.136 e. The molecule has 0 heterocycles. The number of hydrogen-bond acceptors (Lipinski definition) is 2.